The minimum atomic E-state index is -0.360. The minimum absolute atomic E-state index is 0.0394. The van der Waals surface area contributed by atoms with Crippen molar-refractivity contribution in [2.45, 2.75) is 31.8 Å². The predicted molar refractivity (Wildman–Crippen MR) is 109 cm³/mol. The Hall–Kier alpha value is -3.13. The molecule has 2 amide bonds. The second-order valence-electron chi connectivity index (χ2n) is 6.85. The van der Waals surface area contributed by atoms with Gasteiger partial charge in [0.25, 0.3) is 5.91 Å². The Morgan fingerprint density at radius 1 is 1.28 bits per heavy atom. The van der Waals surface area contributed by atoms with Crippen LogP contribution in [0.15, 0.2) is 52.5 Å². The van der Waals surface area contributed by atoms with Gasteiger partial charge in [-0.25, -0.2) is 4.98 Å². The molecule has 1 N–H and O–H groups in total. The highest BCUT2D eigenvalue weighted by atomic mass is 32.1. The summed E-state index contributed by atoms with van der Waals surface area (Å²) in [6.45, 7) is 0.569. The first-order chi connectivity index (χ1) is 14.1. The maximum Gasteiger partial charge on any atom is 0.293 e. The maximum atomic E-state index is 12.9. The van der Waals surface area contributed by atoms with Crippen LogP contribution in [0, 0.1) is 0 Å². The number of methoxy groups -OCH3 is 1. The molecule has 150 valence electrons. The van der Waals surface area contributed by atoms with Crippen LogP contribution < -0.4 is 10.1 Å². The summed E-state index contributed by atoms with van der Waals surface area (Å²) < 4.78 is 10.3. The third kappa shape index (κ3) is 4.83. The zero-order valence-corrected chi connectivity index (χ0v) is 16.8. The number of carbonyl (C=O) groups is 2. The fourth-order valence-electron chi connectivity index (χ4n) is 3.00. The summed E-state index contributed by atoms with van der Waals surface area (Å²) in [4.78, 5) is 31.2. The molecule has 29 heavy (non-hydrogen) atoms. The molecular formula is C21H21N3O4S. The Morgan fingerprint density at radius 3 is 2.72 bits per heavy atom. The first-order valence-electron chi connectivity index (χ1n) is 9.34. The van der Waals surface area contributed by atoms with Gasteiger partial charge < -0.3 is 14.1 Å². The molecule has 0 unspecified atom stereocenters. The molecule has 0 saturated heterocycles. The number of furan rings is 1. The van der Waals surface area contributed by atoms with Gasteiger partial charge in [-0.05, 0) is 42.7 Å². The van der Waals surface area contributed by atoms with Gasteiger partial charge in [0.1, 0.15) is 5.75 Å². The van der Waals surface area contributed by atoms with E-state index in [1.807, 2.05) is 29.2 Å². The van der Waals surface area contributed by atoms with Gasteiger partial charge >= 0.3 is 0 Å². The van der Waals surface area contributed by atoms with Gasteiger partial charge in [-0.2, -0.15) is 0 Å². The third-order valence-corrected chi connectivity index (χ3v) is 5.48. The molecule has 1 aliphatic carbocycles. The van der Waals surface area contributed by atoms with Crippen LogP contribution in [-0.2, 0) is 17.8 Å². The number of aromatic nitrogens is 1. The number of hydrogen-bond acceptors (Lipinski definition) is 6. The van der Waals surface area contributed by atoms with Crippen molar-refractivity contribution in [2.75, 3.05) is 12.4 Å². The molecule has 0 aliphatic heterocycles. The zero-order valence-electron chi connectivity index (χ0n) is 16.0. The number of amides is 2. The molecular weight excluding hydrogens is 390 g/mol. The van der Waals surface area contributed by atoms with E-state index < -0.39 is 0 Å². The van der Waals surface area contributed by atoms with Crippen LogP contribution in [-0.4, -0.2) is 34.8 Å². The zero-order chi connectivity index (χ0) is 20.2. The van der Waals surface area contributed by atoms with E-state index in [2.05, 4.69) is 10.3 Å². The smallest absolute Gasteiger partial charge is 0.293 e. The summed E-state index contributed by atoms with van der Waals surface area (Å²) in [6, 6.07) is 11.3. The standard InChI is InChI=1S/C21H21N3O4S/c1-27-17-8-4-14(5-9-17)12-24(16-6-7-16)19(25)11-15-13-29-21(22-15)23-20(26)18-3-2-10-28-18/h2-5,8-10,13,16H,6-7,11-12H2,1H3,(H,22,23,26). The largest absolute Gasteiger partial charge is 0.497 e. The molecule has 0 spiro atoms. The van der Waals surface area contributed by atoms with Crippen LogP contribution in [0.3, 0.4) is 0 Å². The van der Waals surface area contributed by atoms with Crippen molar-refractivity contribution in [2.24, 2.45) is 0 Å². The van der Waals surface area contributed by atoms with Crippen molar-refractivity contribution < 1.29 is 18.7 Å². The van der Waals surface area contributed by atoms with E-state index in [1.165, 1.54) is 17.6 Å². The quantitative estimate of drug-likeness (QED) is 0.611. The lowest BCUT2D eigenvalue weighted by Gasteiger charge is -2.22. The van der Waals surface area contributed by atoms with Crippen molar-refractivity contribution in [1.82, 2.24) is 9.88 Å². The van der Waals surface area contributed by atoms with Gasteiger partial charge in [0.2, 0.25) is 5.91 Å². The second-order valence-corrected chi connectivity index (χ2v) is 7.71. The lowest BCUT2D eigenvalue weighted by atomic mass is 10.2. The number of benzene rings is 1. The van der Waals surface area contributed by atoms with E-state index in [-0.39, 0.29) is 24.0 Å². The Balaban J connectivity index is 1.38. The fraction of sp³-hybridized carbons (Fsp3) is 0.286. The molecule has 0 bridgehead atoms. The highest BCUT2D eigenvalue weighted by molar-refractivity contribution is 7.14. The molecule has 2 aromatic heterocycles. The number of thiazole rings is 1. The normalized spacial score (nSPS) is 13.1. The van der Waals surface area contributed by atoms with Gasteiger partial charge in [0.15, 0.2) is 10.9 Å². The van der Waals surface area contributed by atoms with E-state index >= 15 is 0 Å². The Kier molecular flexibility index (Phi) is 5.62. The third-order valence-electron chi connectivity index (χ3n) is 4.67. The molecule has 8 heteroatoms. The van der Waals surface area contributed by atoms with E-state index in [9.17, 15) is 9.59 Å². The van der Waals surface area contributed by atoms with Gasteiger partial charge in [-0.3, -0.25) is 14.9 Å². The van der Waals surface area contributed by atoms with Gasteiger partial charge in [0.05, 0.1) is 25.5 Å². The number of anilines is 1. The van der Waals surface area contributed by atoms with Crippen LogP contribution in [0.5, 0.6) is 5.75 Å². The Bertz CT molecular complexity index is 978. The number of nitrogens with zero attached hydrogens (tertiary/aromatic N) is 2. The van der Waals surface area contributed by atoms with Gasteiger partial charge in [-0.1, -0.05) is 12.1 Å². The van der Waals surface area contributed by atoms with Crippen molar-refractivity contribution >= 4 is 28.3 Å². The summed E-state index contributed by atoms with van der Waals surface area (Å²) >= 11 is 1.29. The van der Waals surface area contributed by atoms with Crippen molar-refractivity contribution in [1.29, 1.82) is 0 Å². The van der Waals surface area contributed by atoms with Crippen LogP contribution >= 0.6 is 11.3 Å². The first-order valence-corrected chi connectivity index (χ1v) is 10.2. The average Bonchev–Trinajstić information content (AvgIpc) is 3.22. The van der Waals surface area contributed by atoms with Crippen LogP contribution in [0.4, 0.5) is 5.13 Å². The minimum Gasteiger partial charge on any atom is -0.497 e. The Morgan fingerprint density at radius 2 is 2.07 bits per heavy atom. The molecule has 1 aromatic carbocycles. The maximum absolute atomic E-state index is 12.9. The van der Waals surface area contributed by atoms with E-state index in [0.29, 0.717) is 23.4 Å². The van der Waals surface area contributed by atoms with E-state index in [0.717, 1.165) is 24.2 Å². The SMILES string of the molecule is COc1ccc(CN(C(=O)Cc2csc(NC(=O)c3ccco3)n2)C2CC2)cc1. The number of ether oxygens (including phenoxy) is 1. The number of rotatable bonds is 8. The number of carbonyl (C=O) groups excluding carboxylic acids is 2. The molecule has 3 aromatic rings. The molecule has 7 nitrogen and oxygen atoms in total. The molecule has 0 atom stereocenters. The average molecular weight is 411 g/mol. The summed E-state index contributed by atoms with van der Waals surface area (Å²) in [7, 11) is 1.63. The predicted octanol–water partition coefficient (Wildman–Crippen LogP) is 3.73. The van der Waals surface area contributed by atoms with E-state index in [1.54, 1.807) is 24.6 Å². The van der Waals surface area contributed by atoms with Gasteiger partial charge in [0, 0.05) is 18.0 Å². The van der Waals surface area contributed by atoms with Crippen molar-refractivity contribution in [3.05, 3.63) is 65.1 Å². The fourth-order valence-corrected chi connectivity index (χ4v) is 3.71. The summed E-state index contributed by atoms with van der Waals surface area (Å²) in [5.74, 6) is 0.695. The lowest BCUT2D eigenvalue weighted by molar-refractivity contribution is -0.131. The molecule has 2 heterocycles. The highest BCUT2D eigenvalue weighted by Gasteiger charge is 2.32. The van der Waals surface area contributed by atoms with Crippen LogP contribution in [0.25, 0.3) is 0 Å². The molecule has 0 radical (unpaired) electrons. The Labute approximate surface area is 172 Å². The topological polar surface area (TPSA) is 84.7 Å². The van der Waals surface area contributed by atoms with Crippen molar-refractivity contribution in [3.8, 4) is 5.75 Å². The highest BCUT2D eigenvalue weighted by Crippen LogP contribution is 2.29. The van der Waals surface area contributed by atoms with Crippen LogP contribution in [0.2, 0.25) is 0 Å². The van der Waals surface area contributed by atoms with Crippen molar-refractivity contribution in [3.63, 3.8) is 0 Å². The van der Waals surface area contributed by atoms with Gasteiger partial charge in [-0.15, -0.1) is 11.3 Å². The molecule has 1 aliphatic rings. The second kappa shape index (κ2) is 8.48. The van der Waals surface area contributed by atoms with E-state index in [4.69, 9.17) is 9.15 Å². The number of nitrogens with one attached hydrogen (secondary N) is 1. The summed E-state index contributed by atoms with van der Waals surface area (Å²) in [5, 5.41) is 4.94. The first kappa shape index (κ1) is 19.2. The van der Waals surface area contributed by atoms with Crippen LogP contribution in [0.1, 0.15) is 34.7 Å². The summed E-state index contributed by atoms with van der Waals surface area (Å²) in [5.41, 5.74) is 1.71. The molecule has 1 saturated carbocycles. The lowest BCUT2D eigenvalue weighted by Crippen LogP contribution is -2.33. The molecule has 4 rings (SSSR count). The monoisotopic (exact) mass is 411 g/mol. The molecule has 1 fully saturated rings. The summed E-state index contributed by atoms with van der Waals surface area (Å²) in [6.07, 6.45) is 3.71. The number of hydrogen-bond donors (Lipinski definition) is 1.